The van der Waals surface area contributed by atoms with Crippen LogP contribution in [0.3, 0.4) is 0 Å². The Morgan fingerprint density at radius 2 is 1.85 bits per heavy atom. The lowest BCUT2D eigenvalue weighted by Gasteiger charge is -2.26. The van der Waals surface area contributed by atoms with Crippen LogP contribution in [0.4, 0.5) is 0 Å². The Kier molecular flexibility index (Phi) is 5.26. The number of aliphatic hydroxyl groups is 1. The normalized spacial score (nSPS) is 19.1. The van der Waals surface area contributed by atoms with Gasteiger partial charge in [0.1, 0.15) is 30.5 Å². The molecule has 1 atom stereocenters. The highest BCUT2D eigenvalue weighted by Gasteiger charge is 2.47. The molecule has 0 radical (unpaired) electrons. The number of methoxy groups -OCH3 is 1. The molecule has 3 aromatic rings. The van der Waals surface area contributed by atoms with Gasteiger partial charge in [-0.3, -0.25) is 9.59 Å². The zero-order valence-corrected chi connectivity index (χ0v) is 17.8. The smallest absolute Gasteiger partial charge is 0.296 e. The SMILES string of the molecule is COc1ccccc1[C@@H]1C(=C(O)c2ccc3c(c2)OCCO3)C(=O)C(=O)N1Cc1ccco1. The number of carbonyl (C=O) groups excluding carboxylic acids is 2. The Bertz CT molecular complexity index is 1250. The second-order valence-corrected chi connectivity index (χ2v) is 7.61. The Balaban J connectivity index is 1.66. The van der Waals surface area contributed by atoms with Crippen molar-refractivity contribution in [2.24, 2.45) is 0 Å². The van der Waals surface area contributed by atoms with E-state index in [0.717, 1.165) is 0 Å². The number of ketones is 1. The minimum atomic E-state index is -0.876. The predicted molar refractivity (Wildman–Crippen MR) is 117 cm³/mol. The fraction of sp³-hybridized carbons (Fsp3) is 0.200. The highest BCUT2D eigenvalue weighted by Crippen LogP contribution is 2.44. The molecular weight excluding hydrogens is 426 g/mol. The summed E-state index contributed by atoms with van der Waals surface area (Å²) in [6, 6.07) is 14.5. The van der Waals surface area contributed by atoms with Gasteiger partial charge in [-0.1, -0.05) is 18.2 Å². The number of amides is 1. The average Bonchev–Trinajstić information content (AvgIpc) is 3.45. The van der Waals surface area contributed by atoms with Crippen LogP contribution in [0.1, 0.15) is 22.9 Å². The number of hydrogen-bond acceptors (Lipinski definition) is 7. The van der Waals surface area contributed by atoms with E-state index in [1.165, 1.54) is 18.3 Å². The monoisotopic (exact) mass is 447 g/mol. The van der Waals surface area contributed by atoms with Crippen molar-refractivity contribution in [3.05, 3.63) is 83.3 Å². The number of fused-ring (bicyclic) bond motifs is 1. The van der Waals surface area contributed by atoms with Gasteiger partial charge in [0.05, 0.1) is 31.5 Å². The molecule has 168 valence electrons. The first-order valence-electron chi connectivity index (χ1n) is 10.4. The molecule has 0 saturated carbocycles. The van der Waals surface area contributed by atoms with E-state index < -0.39 is 17.7 Å². The molecular formula is C25H21NO7. The van der Waals surface area contributed by atoms with Crippen molar-refractivity contribution in [1.82, 2.24) is 4.90 Å². The third kappa shape index (κ3) is 3.59. The lowest BCUT2D eigenvalue weighted by atomic mass is 9.94. The lowest BCUT2D eigenvalue weighted by molar-refractivity contribution is -0.140. The molecule has 0 bridgehead atoms. The fourth-order valence-electron chi connectivity index (χ4n) is 4.18. The molecule has 0 spiro atoms. The van der Waals surface area contributed by atoms with Crippen LogP contribution in [0.5, 0.6) is 17.2 Å². The Morgan fingerprint density at radius 1 is 1.06 bits per heavy atom. The number of para-hydroxylation sites is 1. The van der Waals surface area contributed by atoms with E-state index in [1.54, 1.807) is 54.6 Å². The van der Waals surface area contributed by atoms with E-state index in [9.17, 15) is 14.7 Å². The standard InChI is InChI=1S/C25H21NO7/c1-30-18-7-3-2-6-17(18)22-21(24(28)25(29)26(22)14-16-5-4-10-31-16)23(27)15-8-9-19-20(13-15)33-12-11-32-19/h2-10,13,22,27H,11-12,14H2,1H3/t22-/m1/s1. The summed E-state index contributed by atoms with van der Waals surface area (Å²) in [4.78, 5) is 27.7. The van der Waals surface area contributed by atoms with Gasteiger partial charge in [0.15, 0.2) is 11.5 Å². The molecule has 8 heteroatoms. The van der Waals surface area contributed by atoms with E-state index in [2.05, 4.69) is 0 Å². The summed E-state index contributed by atoms with van der Waals surface area (Å²) in [5.74, 6) is 0.189. The minimum absolute atomic E-state index is 0.0345. The summed E-state index contributed by atoms with van der Waals surface area (Å²) in [5, 5.41) is 11.3. The van der Waals surface area contributed by atoms with E-state index in [-0.39, 0.29) is 17.9 Å². The lowest BCUT2D eigenvalue weighted by Crippen LogP contribution is -2.29. The fourth-order valence-corrected chi connectivity index (χ4v) is 4.18. The van der Waals surface area contributed by atoms with Crippen LogP contribution in [0.15, 0.2) is 70.9 Å². The van der Waals surface area contributed by atoms with Gasteiger partial charge in [-0.05, 0) is 36.4 Å². The van der Waals surface area contributed by atoms with E-state index in [0.29, 0.717) is 47.3 Å². The number of Topliss-reactive ketones (excluding diaryl/α,β-unsaturated/α-hetero) is 1. The van der Waals surface area contributed by atoms with Crippen molar-refractivity contribution < 1.29 is 33.3 Å². The third-order valence-electron chi connectivity index (χ3n) is 5.70. The van der Waals surface area contributed by atoms with Gasteiger partial charge >= 0.3 is 0 Å². The zero-order valence-electron chi connectivity index (χ0n) is 17.8. The molecule has 1 aromatic heterocycles. The van der Waals surface area contributed by atoms with E-state index >= 15 is 0 Å². The average molecular weight is 447 g/mol. The molecule has 1 N–H and O–H groups in total. The number of aliphatic hydroxyl groups excluding tert-OH is 1. The predicted octanol–water partition coefficient (Wildman–Crippen LogP) is 3.68. The van der Waals surface area contributed by atoms with Gasteiger partial charge in [-0.15, -0.1) is 0 Å². The van der Waals surface area contributed by atoms with Crippen LogP contribution in [0, 0.1) is 0 Å². The third-order valence-corrected chi connectivity index (χ3v) is 5.70. The van der Waals surface area contributed by atoms with E-state index in [4.69, 9.17) is 18.6 Å². The van der Waals surface area contributed by atoms with E-state index in [1.807, 2.05) is 0 Å². The molecule has 3 heterocycles. The summed E-state index contributed by atoms with van der Waals surface area (Å²) in [7, 11) is 1.51. The molecule has 5 rings (SSSR count). The quantitative estimate of drug-likeness (QED) is 0.362. The zero-order chi connectivity index (χ0) is 22.9. The summed E-state index contributed by atoms with van der Waals surface area (Å²) in [6.45, 7) is 0.869. The number of benzene rings is 2. The number of rotatable bonds is 5. The van der Waals surface area contributed by atoms with Gasteiger partial charge < -0.3 is 28.6 Å². The molecule has 2 aromatic carbocycles. The van der Waals surface area contributed by atoms with Crippen molar-refractivity contribution >= 4 is 17.4 Å². The molecule has 0 unspecified atom stereocenters. The number of nitrogens with zero attached hydrogens (tertiary/aromatic N) is 1. The van der Waals surface area contributed by atoms with Gasteiger partial charge in [0.2, 0.25) is 0 Å². The van der Waals surface area contributed by atoms with Crippen LogP contribution < -0.4 is 14.2 Å². The van der Waals surface area contributed by atoms with Crippen LogP contribution >= 0.6 is 0 Å². The Labute approximate surface area is 189 Å². The number of furan rings is 1. The van der Waals surface area contributed by atoms with Gasteiger partial charge in [-0.25, -0.2) is 0 Å². The van der Waals surface area contributed by atoms with Gasteiger partial charge in [-0.2, -0.15) is 0 Å². The molecule has 1 fully saturated rings. The summed E-state index contributed by atoms with van der Waals surface area (Å²) in [6.07, 6.45) is 1.50. The van der Waals surface area contributed by atoms with Crippen molar-refractivity contribution in [1.29, 1.82) is 0 Å². The summed E-state index contributed by atoms with van der Waals surface area (Å²) >= 11 is 0. The first-order valence-corrected chi connectivity index (χ1v) is 10.4. The molecule has 1 amide bonds. The van der Waals surface area contributed by atoms with Crippen LogP contribution in [0.25, 0.3) is 5.76 Å². The first-order chi connectivity index (χ1) is 16.1. The van der Waals surface area contributed by atoms with Gasteiger partial charge in [0, 0.05) is 11.1 Å². The van der Waals surface area contributed by atoms with Crippen molar-refractivity contribution in [3.63, 3.8) is 0 Å². The number of ether oxygens (including phenoxy) is 3. The molecule has 2 aliphatic rings. The summed E-state index contributed by atoms with van der Waals surface area (Å²) < 4.78 is 22.1. The first kappa shape index (κ1) is 20.7. The van der Waals surface area contributed by atoms with Crippen LogP contribution in [0.2, 0.25) is 0 Å². The largest absolute Gasteiger partial charge is 0.507 e. The molecule has 8 nitrogen and oxygen atoms in total. The topological polar surface area (TPSA) is 98.4 Å². The van der Waals surface area contributed by atoms with Crippen LogP contribution in [-0.2, 0) is 16.1 Å². The number of hydrogen-bond donors (Lipinski definition) is 1. The highest BCUT2D eigenvalue weighted by molar-refractivity contribution is 6.46. The van der Waals surface area contributed by atoms with Crippen molar-refractivity contribution in [3.8, 4) is 17.2 Å². The maximum atomic E-state index is 13.2. The molecule has 0 aliphatic carbocycles. The maximum absolute atomic E-state index is 13.2. The highest BCUT2D eigenvalue weighted by atomic mass is 16.6. The minimum Gasteiger partial charge on any atom is -0.507 e. The van der Waals surface area contributed by atoms with Crippen molar-refractivity contribution in [2.75, 3.05) is 20.3 Å². The number of likely N-dealkylation sites (tertiary alicyclic amines) is 1. The number of carbonyl (C=O) groups is 2. The van der Waals surface area contributed by atoms with Crippen molar-refractivity contribution in [2.45, 2.75) is 12.6 Å². The van der Waals surface area contributed by atoms with Gasteiger partial charge in [0.25, 0.3) is 11.7 Å². The molecule has 33 heavy (non-hydrogen) atoms. The summed E-state index contributed by atoms with van der Waals surface area (Å²) in [5.41, 5.74) is 0.882. The Hall–Kier alpha value is -4.20. The molecule has 2 aliphatic heterocycles. The second kappa shape index (κ2) is 8.38. The Morgan fingerprint density at radius 3 is 2.61 bits per heavy atom. The van der Waals surface area contributed by atoms with Crippen LogP contribution in [-0.4, -0.2) is 42.0 Å². The maximum Gasteiger partial charge on any atom is 0.296 e. The second-order valence-electron chi connectivity index (χ2n) is 7.61. The molecule has 1 saturated heterocycles.